The summed E-state index contributed by atoms with van der Waals surface area (Å²) in [6.45, 7) is 2.20. The zero-order valence-corrected chi connectivity index (χ0v) is 9.50. The third kappa shape index (κ3) is 1.76. The van der Waals surface area contributed by atoms with Crippen molar-refractivity contribution in [2.24, 2.45) is 0 Å². The van der Waals surface area contributed by atoms with E-state index in [1.54, 1.807) is 19.1 Å². The Labute approximate surface area is 93.3 Å². The molecule has 1 amide bonds. The first-order chi connectivity index (χ1) is 7.54. The second-order valence-electron chi connectivity index (χ2n) is 3.37. The molecule has 0 aliphatic carbocycles. The normalized spacial score (nSPS) is 17.4. The molecule has 0 bridgehead atoms. The Hall–Kier alpha value is -1.56. The number of nitrogens with one attached hydrogen (secondary N) is 1. The number of hydrogen-bond acceptors (Lipinski definition) is 4. The van der Waals surface area contributed by atoms with E-state index in [-0.39, 0.29) is 10.6 Å². The molecule has 0 unspecified atom stereocenters. The fourth-order valence-corrected chi connectivity index (χ4v) is 2.92. The molecule has 0 atom stereocenters. The van der Waals surface area contributed by atoms with Gasteiger partial charge in [-0.25, -0.2) is 8.42 Å². The van der Waals surface area contributed by atoms with Crippen molar-refractivity contribution in [1.29, 1.82) is 0 Å². The van der Waals surface area contributed by atoms with Crippen molar-refractivity contribution in [3.05, 3.63) is 18.2 Å². The Balaban J connectivity index is 2.62. The summed E-state index contributed by atoms with van der Waals surface area (Å²) in [6.07, 6.45) is 0. The topological polar surface area (TPSA) is 72.5 Å². The van der Waals surface area contributed by atoms with E-state index in [1.165, 1.54) is 6.07 Å². The summed E-state index contributed by atoms with van der Waals surface area (Å²) < 4.78 is 28.7. The number of carbonyl (C=O) groups is 1. The van der Waals surface area contributed by atoms with E-state index >= 15 is 0 Å². The smallest absolute Gasteiger partial charge is 0.240 e. The Morgan fingerprint density at radius 3 is 2.88 bits per heavy atom. The van der Waals surface area contributed by atoms with E-state index in [9.17, 15) is 13.2 Å². The van der Waals surface area contributed by atoms with Gasteiger partial charge in [-0.05, 0) is 19.1 Å². The molecule has 0 aromatic heterocycles. The van der Waals surface area contributed by atoms with E-state index in [0.29, 0.717) is 12.4 Å². The summed E-state index contributed by atoms with van der Waals surface area (Å²) >= 11 is 0. The highest BCUT2D eigenvalue weighted by Crippen LogP contribution is 2.34. The lowest BCUT2D eigenvalue weighted by atomic mass is 10.3. The van der Waals surface area contributed by atoms with Crippen LogP contribution in [0.4, 0.5) is 5.69 Å². The maximum absolute atomic E-state index is 11.7. The summed E-state index contributed by atoms with van der Waals surface area (Å²) in [7, 11) is -3.52. The van der Waals surface area contributed by atoms with Crippen molar-refractivity contribution < 1.29 is 17.9 Å². The third-order valence-corrected chi connectivity index (χ3v) is 3.86. The first-order valence-electron chi connectivity index (χ1n) is 4.83. The highest BCUT2D eigenvalue weighted by molar-refractivity contribution is 7.92. The summed E-state index contributed by atoms with van der Waals surface area (Å²) in [5, 5.41) is 2.53. The fraction of sp³-hybridized carbons (Fsp3) is 0.300. The molecule has 0 saturated heterocycles. The quantitative estimate of drug-likeness (QED) is 0.831. The SMILES string of the molecule is CCOc1cccc2c1NC(=O)CS2(=O)=O. The van der Waals surface area contributed by atoms with Crippen LogP contribution in [-0.4, -0.2) is 26.7 Å². The Morgan fingerprint density at radius 2 is 2.19 bits per heavy atom. The second kappa shape index (κ2) is 3.79. The highest BCUT2D eigenvalue weighted by atomic mass is 32.2. The van der Waals surface area contributed by atoms with Crippen molar-refractivity contribution in [1.82, 2.24) is 0 Å². The minimum Gasteiger partial charge on any atom is -0.492 e. The van der Waals surface area contributed by atoms with Gasteiger partial charge in [0, 0.05) is 0 Å². The zero-order valence-electron chi connectivity index (χ0n) is 8.69. The number of anilines is 1. The Morgan fingerprint density at radius 1 is 1.44 bits per heavy atom. The molecule has 6 heteroatoms. The number of ether oxygens (including phenoxy) is 1. The van der Waals surface area contributed by atoms with Gasteiger partial charge in [0.1, 0.15) is 17.2 Å². The van der Waals surface area contributed by atoms with Crippen LogP contribution in [0.15, 0.2) is 23.1 Å². The third-order valence-electron chi connectivity index (χ3n) is 2.21. The molecule has 86 valence electrons. The van der Waals surface area contributed by atoms with E-state index in [1.807, 2.05) is 0 Å². The average molecular weight is 241 g/mol. The van der Waals surface area contributed by atoms with Crippen LogP contribution in [-0.2, 0) is 14.6 Å². The molecule has 1 aliphatic rings. The summed E-state index contributed by atoms with van der Waals surface area (Å²) in [4.78, 5) is 11.4. The first kappa shape index (κ1) is 10.9. The van der Waals surface area contributed by atoms with Crippen LogP contribution in [0.1, 0.15) is 6.92 Å². The van der Waals surface area contributed by atoms with Crippen molar-refractivity contribution in [2.75, 3.05) is 17.7 Å². The van der Waals surface area contributed by atoms with Crippen LogP contribution >= 0.6 is 0 Å². The van der Waals surface area contributed by atoms with Gasteiger partial charge < -0.3 is 10.1 Å². The number of amides is 1. The molecule has 0 saturated carbocycles. The van der Waals surface area contributed by atoms with E-state index in [0.717, 1.165) is 0 Å². The molecule has 1 aromatic rings. The molecule has 0 fully saturated rings. The molecule has 1 aromatic carbocycles. The van der Waals surface area contributed by atoms with Crippen LogP contribution in [0, 0.1) is 0 Å². The largest absolute Gasteiger partial charge is 0.492 e. The molecule has 1 heterocycles. The van der Waals surface area contributed by atoms with Gasteiger partial charge in [0.25, 0.3) is 0 Å². The number of benzene rings is 1. The maximum Gasteiger partial charge on any atom is 0.240 e. The highest BCUT2D eigenvalue weighted by Gasteiger charge is 2.30. The Kier molecular flexibility index (Phi) is 2.59. The molecular weight excluding hydrogens is 230 g/mol. The lowest BCUT2D eigenvalue weighted by Crippen LogP contribution is -2.29. The van der Waals surface area contributed by atoms with Crippen LogP contribution < -0.4 is 10.1 Å². The zero-order chi connectivity index (χ0) is 11.8. The molecule has 0 radical (unpaired) electrons. The number of hydrogen-bond donors (Lipinski definition) is 1. The van der Waals surface area contributed by atoms with E-state index in [2.05, 4.69) is 5.32 Å². The lowest BCUT2D eigenvalue weighted by molar-refractivity contribution is -0.114. The fourth-order valence-electron chi connectivity index (χ4n) is 1.59. The van der Waals surface area contributed by atoms with Gasteiger partial charge in [0.2, 0.25) is 5.91 Å². The van der Waals surface area contributed by atoms with Gasteiger partial charge in [-0.2, -0.15) is 0 Å². The monoisotopic (exact) mass is 241 g/mol. The van der Waals surface area contributed by atoms with Gasteiger partial charge in [0.05, 0.1) is 11.5 Å². The van der Waals surface area contributed by atoms with Gasteiger partial charge >= 0.3 is 0 Å². The molecule has 2 rings (SSSR count). The van der Waals surface area contributed by atoms with Crippen molar-refractivity contribution in [3.63, 3.8) is 0 Å². The van der Waals surface area contributed by atoms with Crippen LogP contribution in [0.2, 0.25) is 0 Å². The molecule has 1 N–H and O–H groups in total. The molecular formula is C10H11NO4S. The van der Waals surface area contributed by atoms with Crippen molar-refractivity contribution in [3.8, 4) is 5.75 Å². The summed E-state index contributed by atoms with van der Waals surface area (Å²) in [6, 6.07) is 4.69. The molecule has 0 spiro atoms. The summed E-state index contributed by atoms with van der Waals surface area (Å²) in [5.74, 6) is -0.647. The number of fused-ring (bicyclic) bond motifs is 1. The first-order valence-corrected chi connectivity index (χ1v) is 6.48. The predicted molar refractivity (Wildman–Crippen MR) is 58.3 cm³/mol. The van der Waals surface area contributed by atoms with Gasteiger partial charge in [-0.3, -0.25) is 4.79 Å². The molecule has 1 aliphatic heterocycles. The molecule has 5 nitrogen and oxygen atoms in total. The van der Waals surface area contributed by atoms with E-state index < -0.39 is 21.5 Å². The lowest BCUT2D eigenvalue weighted by Gasteiger charge is -2.19. The predicted octanol–water partition coefficient (Wildman–Crippen LogP) is 0.811. The second-order valence-corrected chi connectivity index (χ2v) is 5.33. The minimum atomic E-state index is -3.52. The summed E-state index contributed by atoms with van der Waals surface area (Å²) in [5.41, 5.74) is 0.251. The van der Waals surface area contributed by atoms with Gasteiger partial charge in [-0.15, -0.1) is 0 Å². The number of rotatable bonds is 2. The number of carbonyl (C=O) groups excluding carboxylic acids is 1. The number of para-hydroxylation sites is 1. The Bertz CT molecular complexity index is 536. The minimum absolute atomic E-state index is 0.123. The van der Waals surface area contributed by atoms with Crippen LogP contribution in [0.5, 0.6) is 5.75 Å². The van der Waals surface area contributed by atoms with Crippen molar-refractivity contribution in [2.45, 2.75) is 11.8 Å². The van der Waals surface area contributed by atoms with Crippen LogP contribution in [0.3, 0.4) is 0 Å². The molecule has 16 heavy (non-hydrogen) atoms. The number of sulfone groups is 1. The average Bonchev–Trinajstić information content (AvgIpc) is 2.18. The van der Waals surface area contributed by atoms with Gasteiger partial charge in [0.15, 0.2) is 9.84 Å². The van der Waals surface area contributed by atoms with Gasteiger partial charge in [-0.1, -0.05) is 6.07 Å². The van der Waals surface area contributed by atoms with Crippen molar-refractivity contribution >= 4 is 21.4 Å². The maximum atomic E-state index is 11.7. The van der Waals surface area contributed by atoms with E-state index in [4.69, 9.17) is 4.74 Å². The van der Waals surface area contributed by atoms with Crippen LogP contribution in [0.25, 0.3) is 0 Å². The standard InChI is InChI=1S/C10H11NO4S/c1-2-15-7-4-3-5-8-10(7)11-9(12)6-16(8,13)14/h3-5H,2,6H2,1H3,(H,11,12).